The lowest BCUT2D eigenvalue weighted by molar-refractivity contribution is 0.179. The van der Waals surface area contributed by atoms with Crippen molar-refractivity contribution in [3.05, 3.63) is 35.9 Å². The number of nitrogens with zero attached hydrogens (tertiary/aromatic N) is 1. The van der Waals surface area contributed by atoms with Gasteiger partial charge in [0, 0.05) is 23.8 Å². The number of hydrogen-bond donors (Lipinski definition) is 1. The van der Waals surface area contributed by atoms with Gasteiger partial charge < -0.3 is 10.2 Å². The Kier molecular flexibility index (Phi) is 5.25. The van der Waals surface area contributed by atoms with Crippen LogP contribution in [-0.2, 0) is 5.41 Å². The highest BCUT2D eigenvalue weighted by Gasteiger charge is 2.35. The topological polar surface area (TPSA) is 15.3 Å². The lowest BCUT2D eigenvalue weighted by Gasteiger charge is -2.42. The van der Waals surface area contributed by atoms with Crippen LogP contribution in [0.15, 0.2) is 30.3 Å². The summed E-state index contributed by atoms with van der Waals surface area (Å²) in [4.78, 5) is 2.47. The van der Waals surface area contributed by atoms with Crippen LogP contribution in [0.4, 0.5) is 0 Å². The number of hydrogen-bond acceptors (Lipinski definition) is 3. The van der Waals surface area contributed by atoms with Crippen molar-refractivity contribution >= 4 is 11.8 Å². The molecule has 2 aliphatic heterocycles. The van der Waals surface area contributed by atoms with E-state index in [4.69, 9.17) is 0 Å². The minimum absolute atomic E-state index is 0.343. The minimum Gasteiger partial charge on any atom is -0.312 e. The second-order valence-electron chi connectivity index (χ2n) is 6.74. The van der Waals surface area contributed by atoms with Gasteiger partial charge in [0.2, 0.25) is 0 Å². The lowest BCUT2D eigenvalue weighted by Crippen LogP contribution is -2.49. The molecule has 0 saturated carbocycles. The van der Waals surface area contributed by atoms with Crippen molar-refractivity contribution in [2.45, 2.75) is 37.1 Å². The molecule has 0 bridgehead atoms. The fraction of sp³-hybridized carbons (Fsp3) is 0.667. The minimum atomic E-state index is 0.343. The molecule has 2 heterocycles. The summed E-state index contributed by atoms with van der Waals surface area (Å²) in [6, 6.07) is 11.9. The van der Waals surface area contributed by atoms with Gasteiger partial charge in [0.25, 0.3) is 0 Å². The molecular weight excluding hydrogens is 276 g/mol. The summed E-state index contributed by atoms with van der Waals surface area (Å²) in [6.07, 6.45) is 5.29. The van der Waals surface area contributed by atoms with Crippen molar-refractivity contribution in [2.75, 3.05) is 38.2 Å². The molecule has 2 nitrogen and oxygen atoms in total. The van der Waals surface area contributed by atoms with Crippen LogP contribution in [0.2, 0.25) is 0 Å². The predicted molar refractivity (Wildman–Crippen MR) is 93.2 cm³/mol. The van der Waals surface area contributed by atoms with E-state index in [9.17, 15) is 0 Å². The Morgan fingerprint density at radius 3 is 2.67 bits per heavy atom. The maximum Gasteiger partial charge on any atom is 0.0158 e. The quantitative estimate of drug-likeness (QED) is 0.920. The molecule has 116 valence electrons. The van der Waals surface area contributed by atoms with Crippen LogP contribution in [0.5, 0.6) is 0 Å². The molecular formula is C18H28N2S. The van der Waals surface area contributed by atoms with Gasteiger partial charge in [-0.05, 0) is 57.1 Å². The van der Waals surface area contributed by atoms with Crippen LogP contribution in [-0.4, -0.2) is 49.1 Å². The smallest absolute Gasteiger partial charge is 0.0158 e. The molecule has 0 radical (unpaired) electrons. The third-order valence-corrected chi connectivity index (χ3v) is 6.44. The molecule has 0 amide bonds. The zero-order chi connectivity index (χ0) is 14.5. The Morgan fingerprint density at radius 1 is 1.24 bits per heavy atom. The Morgan fingerprint density at radius 2 is 2.00 bits per heavy atom. The van der Waals surface area contributed by atoms with E-state index < -0.39 is 0 Å². The molecule has 1 aromatic rings. The molecule has 3 heteroatoms. The lowest BCUT2D eigenvalue weighted by atomic mass is 9.72. The van der Waals surface area contributed by atoms with Gasteiger partial charge in [0.15, 0.2) is 0 Å². The Hall–Kier alpha value is -0.510. The van der Waals surface area contributed by atoms with Gasteiger partial charge in [-0.25, -0.2) is 0 Å². The zero-order valence-corrected chi connectivity index (χ0v) is 14.0. The van der Waals surface area contributed by atoms with Crippen LogP contribution >= 0.6 is 11.8 Å². The van der Waals surface area contributed by atoms with E-state index in [0.717, 1.165) is 12.6 Å². The van der Waals surface area contributed by atoms with E-state index in [1.807, 2.05) is 0 Å². The van der Waals surface area contributed by atoms with Gasteiger partial charge in [0.05, 0.1) is 0 Å². The van der Waals surface area contributed by atoms with Crippen molar-refractivity contribution in [1.29, 1.82) is 0 Å². The first kappa shape index (κ1) is 15.4. The second kappa shape index (κ2) is 7.17. The summed E-state index contributed by atoms with van der Waals surface area (Å²) >= 11 is 2.11. The summed E-state index contributed by atoms with van der Waals surface area (Å²) in [5, 5.41) is 3.91. The van der Waals surface area contributed by atoms with Crippen LogP contribution in [0.25, 0.3) is 0 Å². The van der Waals surface area contributed by atoms with Crippen molar-refractivity contribution in [2.24, 2.45) is 0 Å². The van der Waals surface area contributed by atoms with Crippen molar-refractivity contribution < 1.29 is 0 Å². The average Bonchev–Trinajstić information content (AvgIpc) is 2.57. The Balaban J connectivity index is 1.70. The van der Waals surface area contributed by atoms with E-state index in [1.165, 1.54) is 55.8 Å². The third-order valence-electron chi connectivity index (χ3n) is 5.22. The average molecular weight is 305 g/mol. The molecule has 1 aromatic carbocycles. The first-order valence-electron chi connectivity index (χ1n) is 8.34. The standard InChI is InChI=1S/C18H28N2S/c1-20-11-9-18(10-12-20,16-6-3-2-4-7-16)15-19-17-8-5-13-21-14-17/h2-4,6-7,17,19H,5,8-15H2,1H3/t17-/m1/s1. The SMILES string of the molecule is CN1CCC(CN[C@@H]2CCCSC2)(c2ccccc2)CC1. The van der Waals surface area contributed by atoms with Crippen molar-refractivity contribution in [3.63, 3.8) is 0 Å². The number of nitrogens with one attached hydrogen (secondary N) is 1. The van der Waals surface area contributed by atoms with Gasteiger partial charge in [-0.3, -0.25) is 0 Å². The summed E-state index contributed by atoms with van der Waals surface area (Å²) in [5.41, 5.74) is 1.88. The molecule has 0 aromatic heterocycles. The maximum atomic E-state index is 3.91. The fourth-order valence-corrected chi connectivity index (χ4v) is 4.75. The molecule has 1 atom stereocenters. The number of rotatable bonds is 4. The summed E-state index contributed by atoms with van der Waals surface area (Å²) in [5.74, 6) is 2.65. The van der Waals surface area contributed by atoms with E-state index >= 15 is 0 Å². The third kappa shape index (κ3) is 3.82. The van der Waals surface area contributed by atoms with E-state index in [1.54, 1.807) is 0 Å². The Bertz CT molecular complexity index is 420. The number of benzene rings is 1. The van der Waals surface area contributed by atoms with Crippen molar-refractivity contribution in [1.82, 2.24) is 10.2 Å². The van der Waals surface area contributed by atoms with Crippen molar-refractivity contribution in [3.8, 4) is 0 Å². The number of likely N-dealkylation sites (tertiary alicyclic amines) is 1. The van der Waals surface area contributed by atoms with E-state index in [2.05, 4.69) is 59.4 Å². The van der Waals surface area contributed by atoms with Crippen LogP contribution < -0.4 is 5.32 Å². The molecule has 0 unspecified atom stereocenters. The highest BCUT2D eigenvalue weighted by atomic mass is 32.2. The maximum absolute atomic E-state index is 3.91. The molecule has 1 N–H and O–H groups in total. The second-order valence-corrected chi connectivity index (χ2v) is 7.89. The highest BCUT2D eigenvalue weighted by Crippen LogP contribution is 2.35. The van der Waals surface area contributed by atoms with E-state index in [0.29, 0.717) is 5.41 Å². The monoisotopic (exact) mass is 304 g/mol. The Labute approximate surface area is 133 Å². The van der Waals surface area contributed by atoms with Crippen LogP contribution in [0.1, 0.15) is 31.2 Å². The first-order valence-corrected chi connectivity index (χ1v) is 9.49. The molecule has 3 rings (SSSR count). The summed E-state index contributed by atoms with van der Waals surface area (Å²) < 4.78 is 0. The molecule has 21 heavy (non-hydrogen) atoms. The molecule has 2 fully saturated rings. The fourth-order valence-electron chi connectivity index (χ4n) is 3.65. The first-order chi connectivity index (χ1) is 10.3. The molecule has 2 saturated heterocycles. The zero-order valence-electron chi connectivity index (χ0n) is 13.2. The predicted octanol–water partition coefficient (Wildman–Crippen LogP) is 3.14. The normalized spacial score (nSPS) is 26.6. The molecule has 2 aliphatic rings. The van der Waals surface area contributed by atoms with Gasteiger partial charge >= 0.3 is 0 Å². The van der Waals surface area contributed by atoms with Crippen LogP contribution in [0, 0.1) is 0 Å². The number of piperidine rings is 1. The molecule has 0 spiro atoms. The van der Waals surface area contributed by atoms with Gasteiger partial charge in [0.1, 0.15) is 0 Å². The summed E-state index contributed by atoms with van der Waals surface area (Å²) in [7, 11) is 2.25. The van der Waals surface area contributed by atoms with Gasteiger partial charge in [-0.2, -0.15) is 11.8 Å². The van der Waals surface area contributed by atoms with Gasteiger partial charge in [-0.15, -0.1) is 0 Å². The molecule has 0 aliphatic carbocycles. The van der Waals surface area contributed by atoms with Crippen LogP contribution in [0.3, 0.4) is 0 Å². The highest BCUT2D eigenvalue weighted by molar-refractivity contribution is 7.99. The largest absolute Gasteiger partial charge is 0.312 e. The number of thioether (sulfide) groups is 1. The van der Waals surface area contributed by atoms with Gasteiger partial charge in [-0.1, -0.05) is 30.3 Å². The summed E-state index contributed by atoms with van der Waals surface area (Å²) in [6.45, 7) is 3.59. The van der Waals surface area contributed by atoms with E-state index in [-0.39, 0.29) is 0 Å².